The van der Waals surface area contributed by atoms with Gasteiger partial charge in [0.05, 0.1) is 6.61 Å². The van der Waals surface area contributed by atoms with Crippen LogP contribution in [0.2, 0.25) is 0 Å². The third kappa shape index (κ3) is 3.94. The number of hydrogen-bond donors (Lipinski definition) is 1. The Hall–Kier alpha value is -1.50. The SMILES string of the molecule is C#CC(=O)NC(C(=O)OCC)C(C)C. The van der Waals surface area contributed by atoms with Crippen molar-refractivity contribution in [1.82, 2.24) is 5.32 Å². The second-order valence-corrected chi connectivity index (χ2v) is 3.09. The molecule has 1 amide bonds. The molecule has 0 saturated heterocycles. The Morgan fingerprint density at radius 1 is 1.50 bits per heavy atom. The Labute approximate surface area is 84.0 Å². The molecule has 0 saturated carbocycles. The molecule has 0 aromatic carbocycles. The summed E-state index contributed by atoms with van der Waals surface area (Å²) in [4.78, 5) is 22.2. The summed E-state index contributed by atoms with van der Waals surface area (Å²) >= 11 is 0. The normalized spacial score (nSPS) is 11.6. The van der Waals surface area contributed by atoms with Gasteiger partial charge in [0.1, 0.15) is 6.04 Å². The van der Waals surface area contributed by atoms with Crippen LogP contribution in [0.4, 0.5) is 0 Å². The Balaban J connectivity index is 4.38. The Morgan fingerprint density at radius 3 is 2.43 bits per heavy atom. The third-order valence-electron chi connectivity index (χ3n) is 1.62. The van der Waals surface area contributed by atoms with Crippen LogP contribution in [-0.4, -0.2) is 24.5 Å². The summed E-state index contributed by atoms with van der Waals surface area (Å²) in [7, 11) is 0. The van der Waals surface area contributed by atoms with Crippen molar-refractivity contribution in [3.8, 4) is 12.3 Å². The van der Waals surface area contributed by atoms with Crippen molar-refractivity contribution in [2.24, 2.45) is 5.92 Å². The van der Waals surface area contributed by atoms with E-state index in [-0.39, 0.29) is 12.5 Å². The van der Waals surface area contributed by atoms with Gasteiger partial charge in [-0.15, -0.1) is 6.42 Å². The van der Waals surface area contributed by atoms with Gasteiger partial charge in [0.2, 0.25) is 0 Å². The molecule has 0 radical (unpaired) electrons. The van der Waals surface area contributed by atoms with Gasteiger partial charge >= 0.3 is 5.97 Å². The molecule has 0 aromatic heterocycles. The standard InChI is InChI=1S/C10H15NO3/c1-5-8(12)11-9(7(3)4)10(13)14-6-2/h1,7,9H,6H2,2-4H3,(H,11,12). The van der Waals surface area contributed by atoms with E-state index < -0.39 is 17.9 Å². The maximum atomic E-state index is 11.3. The predicted octanol–water partition coefficient (Wildman–Crippen LogP) is 0.323. The number of esters is 1. The number of rotatable bonds is 4. The summed E-state index contributed by atoms with van der Waals surface area (Å²) < 4.78 is 4.79. The topological polar surface area (TPSA) is 55.4 Å². The first kappa shape index (κ1) is 12.5. The van der Waals surface area contributed by atoms with E-state index in [1.54, 1.807) is 20.8 Å². The van der Waals surface area contributed by atoms with E-state index in [1.807, 2.05) is 5.92 Å². The highest BCUT2D eigenvalue weighted by molar-refractivity contribution is 5.95. The first-order chi connectivity index (χ1) is 6.52. The molecular weight excluding hydrogens is 182 g/mol. The van der Waals surface area contributed by atoms with E-state index in [0.29, 0.717) is 0 Å². The second kappa shape index (κ2) is 6.03. The molecule has 1 unspecified atom stereocenters. The van der Waals surface area contributed by atoms with Crippen molar-refractivity contribution < 1.29 is 14.3 Å². The van der Waals surface area contributed by atoms with Gasteiger partial charge in [-0.1, -0.05) is 13.8 Å². The van der Waals surface area contributed by atoms with Gasteiger partial charge in [-0.25, -0.2) is 4.79 Å². The minimum absolute atomic E-state index is 0.0497. The van der Waals surface area contributed by atoms with Crippen LogP contribution in [0, 0.1) is 18.3 Å². The molecule has 1 N–H and O–H groups in total. The van der Waals surface area contributed by atoms with Crippen molar-refractivity contribution in [1.29, 1.82) is 0 Å². The number of amides is 1. The van der Waals surface area contributed by atoms with Gasteiger partial charge in [-0.3, -0.25) is 4.79 Å². The molecule has 0 spiro atoms. The van der Waals surface area contributed by atoms with Crippen LogP contribution in [0.3, 0.4) is 0 Å². The van der Waals surface area contributed by atoms with E-state index >= 15 is 0 Å². The van der Waals surface area contributed by atoms with Gasteiger partial charge in [-0.2, -0.15) is 0 Å². The number of carbonyl (C=O) groups excluding carboxylic acids is 2. The first-order valence-corrected chi connectivity index (χ1v) is 4.46. The summed E-state index contributed by atoms with van der Waals surface area (Å²) in [6.07, 6.45) is 4.88. The van der Waals surface area contributed by atoms with E-state index in [4.69, 9.17) is 11.2 Å². The van der Waals surface area contributed by atoms with Crippen molar-refractivity contribution in [2.75, 3.05) is 6.61 Å². The van der Waals surface area contributed by atoms with Crippen LogP contribution >= 0.6 is 0 Å². The lowest BCUT2D eigenvalue weighted by Gasteiger charge is -2.18. The van der Waals surface area contributed by atoms with Crippen LogP contribution in [0.15, 0.2) is 0 Å². The van der Waals surface area contributed by atoms with Gasteiger partial charge in [0, 0.05) is 0 Å². The number of ether oxygens (including phenoxy) is 1. The number of hydrogen-bond acceptors (Lipinski definition) is 3. The van der Waals surface area contributed by atoms with Crippen molar-refractivity contribution in [2.45, 2.75) is 26.8 Å². The van der Waals surface area contributed by atoms with E-state index in [0.717, 1.165) is 0 Å². The quantitative estimate of drug-likeness (QED) is 0.521. The van der Waals surface area contributed by atoms with E-state index in [9.17, 15) is 9.59 Å². The minimum atomic E-state index is -0.668. The monoisotopic (exact) mass is 197 g/mol. The highest BCUT2D eigenvalue weighted by atomic mass is 16.5. The third-order valence-corrected chi connectivity index (χ3v) is 1.62. The summed E-state index contributed by atoms with van der Waals surface area (Å²) in [5.41, 5.74) is 0. The second-order valence-electron chi connectivity index (χ2n) is 3.09. The number of terminal acetylenes is 1. The summed E-state index contributed by atoms with van der Waals surface area (Å²) in [5.74, 6) is 0.787. The lowest BCUT2D eigenvalue weighted by molar-refractivity contribution is -0.148. The fraction of sp³-hybridized carbons (Fsp3) is 0.600. The summed E-state index contributed by atoms with van der Waals surface area (Å²) in [6.45, 7) is 5.60. The van der Waals surface area contributed by atoms with Gasteiger partial charge in [0.15, 0.2) is 0 Å². The van der Waals surface area contributed by atoms with Crippen LogP contribution in [-0.2, 0) is 14.3 Å². The number of nitrogens with one attached hydrogen (secondary N) is 1. The molecule has 4 heteroatoms. The van der Waals surface area contributed by atoms with Crippen molar-refractivity contribution in [3.05, 3.63) is 0 Å². The molecule has 0 aliphatic carbocycles. The zero-order valence-corrected chi connectivity index (χ0v) is 8.66. The van der Waals surface area contributed by atoms with Gasteiger partial charge in [-0.05, 0) is 18.8 Å². The van der Waals surface area contributed by atoms with E-state index in [2.05, 4.69) is 5.32 Å². The Morgan fingerprint density at radius 2 is 2.07 bits per heavy atom. The van der Waals surface area contributed by atoms with Crippen LogP contribution < -0.4 is 5.32 Å². The van der Waals surface area contributed by atoms with Crippen molar-refractivity contribution in [3.63, 3.8) is 0 Å². The maximum Gasteiger partial charge on any atom is 0.328 e. The molecule has 0 rings (SSSR count). The molecule has 0 bridgehead atoms. The molecule has 0 aliphatic rings. The molecule has 0 aliphatic heterocycles. The molecule has 0 fully saturated rings. The van der Waals surface area contributed by atoms with Gasteiger partial charge in [0.25, 0.3) is 5.91 Å². The fourth-order valence-electron chi connectivity index (χ4n) is 0.913. The summed E-state index contributed by atoms with van der Waals surface area (Å²) in [6, 6.07) is -0.668. The highest BCUT2D eigenvalue weighted by Crippen LogP contribution is 2.03. The maximum absolute atomic E-state index is 11.3. The van der Waals surface area contributed by atoms with Crippen LogP contribution in [0.5, 0.6) is 0 Å². The predicted molar refractivity (Wildman–Crippen MR) is 52.2 cm³/mol. The molecule has 0 aromatic rings. The van der Waals surface area contributed by atoms with Crippen LogP contribution in [0.1, 0.15) is 20.8 Å². The summed E-state index contributed by atoms with van der Waals surface area (Å²) in [5, 5.41) is 2.40. The zero-order chi connectivity index (χ0) is 11.1. The fourth-order valence-corrected chi connectivity index (χ4v) is 0.913. The molecule has 78 valence electrons. The zero-order valence-electron chi connectivity index (χ0n) is 8.66. The molecular formula is C10H15NO3. The molecule has 1 atom stereocenters. The van der Waals surface area contributed by atoms with Gasteiger partial charge < -0.3 is 10.1 Å². The molecule has 4 nitrogen and oxygen atoms in total. The first-order valence-electron chi connectivity index (χ1n) is 4.46. The Bertz CT molecular complexity index is 253. The van der Waals surface area contributed by atoms with Crippen molar-refractivity contribution >= 4 is 11.9 Å². The largest absolute Gasteiger partial charge is 0.464 e. The average Bonchev–Trinajstić information content (AvgIpc) is 2.13. The Kier molecular flexibility index (Phi) is 5.38. The smallest absolute Gasteiger partial charge is 0.328 e. The average molecular weight is 197 g/mol. The molecule has 14 heavy (non-hydrogen) atoms. The lowest BCUT2D eigenvalue weighted by atomic mass is 10.0. The highest BCUT2D eigenvalue weighted by Gasteiger charge is 2.24. The van der Waals surface area contributed by atoms with E-state index in [1.165, 1.54) is 0 Å². The van der Waals surface area contributed by atoms with Crippen LogP contribution in [0.25, 0.3) is 0 Å². The molecule has 0 heterocycles. The lowest BCUT2D eigenvalue weighted by Crippen LogP contribution is -2.44. The minimum Gasteiger partial charge on any atom is -0.464 e. The number of carbonyl (C=O) groups is 2.